The molecule has 134 valence electrons. The molecular weight excluding hydrogens is 353 g/mol. The molecular formula is C20H19ClFN3O. The average molecular weight is 372 g/mol. The molecule has 0 radical (unpaired) electrons. The second-order valence-electron chi connectivity index (χ2n) is 6.20. The Bertz CT molecular complexity index is 917. The van der Waals surface area contributed by atoms with E-state index in [4.69, 9.17) is 11.6 Å². The number of aromatic nitrogens is 2. The van der Waals surface area contributed by atoms with E-state index >= 15 is 0 Å². The predicted molar refractivity (Wildman–Crippen MR) is 99.8 cm³/mol. The van der Waals surface area contributed by atoms with Crippen LogP contribution in [0.15, 0.2) is 48.5 Å². The zero-order valence-electron chi connectivity index (χ0n) is 14.6. The van der Waals surface area contributed by atoms with Crippen LogP contribution in [0.2, 0.25) is 5.15 Å². The van der Waals surface area contributed by atoms with Gasteiger partial charge in [0, 0.05) is 6.54 Å². The van der Waals surface area contributed by atoms with Gasteiger partial charge >= 0.3 is 0 Å². The molecule has 0 saturated carbocycles. The minimum Gasteiger partial charge on any atom is -0.348 e. The largest absolute Gasteiger partial charge is 0.348 e. The van der Waals surface area contributed by atoms with Gasteiger partial charge in [0.15, 0.2) is 0 Å². The first-order valence-electron chi connectivity index (χ1n) is 8.25. The third kappa shape index (κ3) is 4.11. The van der Waals surface area contributed by atoms with Gasteiger partial charge in [-0.15, -0.1) is 0 Å². The van der Waals surface area contributed by atoms with Gasteiger partial charge < -0.3 is 5.32 Å². The molecule has 0 aliphatic rings. The Balaban J connectivity index is 1.73. The smallest absolute Gasteiger partial charge is 0.256 e. The summed E-state index contributed by atoms with van der Waals surface area (Å²) in [6.45, 7) is 4.56. The van der Waals surface area contributed by atoms with E-state index in [2.05, 4.69) is 10.4 Å². The number of halogens is 2. The van der Waals surface area contributed by atoms with Crippen molar-refractivity contribution in [2.45, 2.75) is 26.9 Å². The van der Waals surface area contributed by atoms with Crippen molar-refractivity contribution in [2.24, 2.45) is 0 Å². The Hall–Kier alpha value is -2.66. The summed E-state index contributed by atoms with van der Waals surface area (Å²) < 4.78 is 14.6. The minimum atomic E-state index is -0.309. The van der Waals surface area contributed by atoms with Crippen LogP contribution < -0.4 is 5.32 Å². The first-order chi connectivity index (χ1) is 12.4. The van der Waals surface area contributed by atoms with Gasteiger partial charge in [0.2, 0.25) is 0 Å². The third-order valence-corrected chi connectivity index (χ3v) is 4.50. The molecule has 0 aliphatic carbocycles. The zero-order valence-corrected chi connectivity index (χ0v) is 15.3. The van der Waals surface area contributed by atoms with Gasteiger partial charge in [-0.05, 0) is 37.1 Å². The molecule has 1 aromatic heterocycles. The highest BCUT2D eigenvalue weighted by Crippen LogP contribution is 2.21. The minimum absolute atomic E-state index is 0.290. The van der Waals surface area contributed by atoms with Crippen molar-refractivity contribution in [1.29, 1.82) is 0 Å². The van der Waals surface area contributed by atoms with Crippen LogP contribution in [0.1, 0.15) is 32.7 Å². The number of nitrogens with zero attached hydrogens (tertiary/aromatic N) is 2. The van der Waals surface area contributed by atoms with E-state index in [1.807, 2.05) is 31.2 Å². The number of carbonyl (C=O) groups is 1. The molecule has 2 aromatic carbocycles. The van der Waals surface area contributed by atoms with Crippen LogP contribution in [-0.4, -0.2) is 15.7 Å². The molecule has 4 nitrogen and oxygen atoms in total. The molecule has 1 heterocycles. The van der Waals surface area contributed by atoms with Crippen molar-refractivity contribution in [2.75, 3.05) is 0 Å². The van der Waals surface area contributed by atoms with Crippen LogP contribution >= 0.6 is 11.6 Å². The first kappa shape index (κ1) is 18.1. The van der Waals surface area contributed by atoms with Gasteiger partial charge in [0.05, 0.1) is 17.8 Å². The van der Waals surface area contributed by atoms with Crippen molar-refractivity contribution in [1.82, 2.24) is 15.1 Å². The van der Waals surface area contributed by atoms with E-state index in [0.717, 1.165) is 11.1 Å². The molecule has 3 aromatic rings. The normalized spacial score (nSPS) is 10.8. The fourth-order valence-corrected chi connectivity index (χ4v) is 2.98. The lowest BCUT2D eigenvalue weighted by atomic mass is 10.1. The topological polar surface area (TPSA) is 46.9 Å². The Morgan fingerprint density at radius 1 is 1.08 bits per heavy atom. The summed E-state index contributed by atoms with van der Waals surface area (Å²) in [6, 6.07) is 14.0. The Kier molecular flexibility index (Phi) is 5.38. The van der Waals surface area contributed by atoms with Gasteiger partial charge in [-0.1, -0.05) is 53.6 Å². The molecule has 26 heavy (non-hydrogen) atoms. The first-order valence-corrected chi connectivity index (χ1v) is 8.63. The molecule has 0 saturated heterocycles. The maximum absolute atomic E-state index is 12.9. The van der Waals surface area contributed by atoms with Crippen LogP contribution in [0.4, 0.5) is 4.39 Å². The maximum Gasteiger partial charge on any atom is 0.256 e. The molecule has 3 rings (SSSR count). The van der Waals surface area contributed by atoms with Crippen LogP contribution in [-0.2, 0) is 13.1 Å². The second-order valence-corrected chi connectivity index (χ2v) is 6.56. The van der Waals surface area contributed by atoms with Crippen molar-refractivity contribution in [3.8, 4) is 0 Å². The van der Waals surface area contributed by atoms with Crippen LogP contribution in [0.25, 0.3) is 0 Å². The highest BCUT2D eigenvalue weighted by Gasteiger charge is 2.20. The number of benzene rings is 2. The molecule has 0 atom stereocenters. The highest BCUT2D eigenvalue weighted by molar-refractivity contribution is 6.33. The van der Waals surface area contributed by atoms with Crippen molar-refractivity contribution in [3.05, 3.63) is 87.4 Å². The van der Waals surface area contributed by atoms with Crippen molar-refractivity contribution < 1.29 is 9.18 Å². The van der Waals surface area contributed by atoms with Gasteiger partial charge in [-0.25, -0.2) is 9.07 Å². The summed E-state index contributed by atoms with van der Waals surface area (Å²) in [5.74, 6) is -0.608. The molecule has 0 unspecified atom stereocenters. The quantitative estimate of drug-likeness (QED) is 0.728. The highest BCUT2D eigenvalue weighted by atomic mass is 35.5. The Morgan fingerprint density at radius 2 is 1.69 bits per heavy atom. The number of hydrogen-bond donors (Lipinski definition) is 1. The van der Waals surface area contributed by atoms with Gasteiger partial charge in [0.25, 0.3) is 5.91 Å². The lowest BCUT2D eigenvalue weighted by Gasteiger charge is -2.06. The van der Waals surface area contributed by atoms with Crippen molar-refractivity contribution in [3.63, 3.8) is 0 Å². The van der Waals surface area contributed by atoms with Gasteiger partial charge in [-0.2, -0.15) is 5.10 Å². The Morgan fingerprint density at radius 3 is 2.35 bits per heavy atom. The van der Waals surface area contributed by atoms with E-state index in [9.17, 15) is 9.18 Å². The van der Waals surface area contributed by atoms with E-state index in [1.54, 1.807) is 23.7 Å². The fourth-order valence-electron chi connectivity index (χ4n) is 2.66. The number of hydrogen-bond acceptors (Lipinski definition) is 2. The fraction of sp³-hybridized carbons (Fsp3) is 0.200. The monoisotopic (exact) mass is 371 g/mol. The van der Waals surface area contributed by atoms with Crippen LogP contribution in [0.5, 0.6) is 0 Å². The summed E-state index contributed by atoms with van der Waals surface area (Å²) in [7, 11) is 0. The van der Waals surface area contributed by atoms with Crippen LogP contribution in [0.3, 0.4) is 0 Å². The maximum atomic E-state index is 12.9. The molecule has 0 fully saturated rings. The van der Waals surface area contributed by atoms with Gasteiger partial charge in [0.1, 0.15) is 11.0 Å². The van der Waals surface area contributed by atoms with Crippen LogP contribution in [0, 0.1) is 19.7 Å². The Labute approximate surface area is 156 Å². The van der Waals surface area contributed by atoms with E-state index in [0.29, 0.717) is 23.0 Å². The summed E-state index contributed by atoms with van der Waals surface area (Å²) in [5, 5.41) is 7.50. The van der Waals surface area contributed by atoms with Gasteiger partial charge in [-0.3, -0.25) is 4.79 Å². The number of aryl methyl sites for hydroxylation is 2. The number of carbonyl (C=O) groups excluding carboxylic acids is 1. The average Bonchev–Trinajstić information content (AvgIpc) is 2.90. The summed E-state index contributed by atoms with van der Waals surface area (Å²) in [4.78, 5) is 12.5. The lowest BCUT2D eigenvalue weighted by Crippen LogP contribution is -2.23. The predicted octanol–water partition coefficient (Wildman–Crippen LogP) is 4.27. The molecule has 0 aliphatic heterocycles. The lowest BCUT2D eigenvalue weighted by molar-refractivity contribution is 0.0950. The SMILES string of the molecule is Cc1ccc(Cn2nc(C)c(C(=O)NCc3ccc(F)cc3)c2Cl)cc1. The van der Waals surface area contributed by atoms with Crippen molar-refractivity contribution >= 4 is 17.5 Å². The second kappa shape index (κ2) is 7.70. The number of nitrogens with one attached hydrogen (secondary N) is 1. The van der Waals surface area contributed by atoms with E-state index < -0.39 is 0 Å². The summed E-state index contributed by atoms with van der Waals surface area (Å²) in [5.41, 5.74) is 3.97. The molecule has 0 spiro atoms. The van der Waals surface area contributed by atoms with E-state index in [1.165, 1.54) is 17.7 Å². The standard InChI is InChI=1S/C20H19ClFN3O/c1-13-3-5-16(6-4-13)12-25-19(21)18(14(2)24-25)20(26)23-11-15-7-9-17(22)10-8-15/h3-10H,11-12H2,1-2H3,(H,23,26). The number of amides is 1. The summed E-state index contributed by atoms with van der Waals surface area (Å²) >= 11 is 6.40. The molecule has 6 heteroatoms. The summed E-state index contributed by atoms with van der Waals surface area (Å²) in [6.07, 6.45) is 0. The number of rotatable bonds is 5. The molecule has 1 amide bonds. The molecule has 0 bridgehead atoms. The molecule has 1 N–H and O–H groups in total. The van der Waals surface area contributed by atoms with E-state index in [-0.39, 0.29) is 18.3 Å². The third-order valence-electron chi connectivity index (χ3n) is 4.11. The zero-order chi connectivity index (χ0) is 18.7.